The predicted molar refractivity (Wildman–Crippen MR) is 99.1 cm³/mol. The van der Waals surface area contributed by atoms with Gasteiger partial charge in [-0.15, -0.1) is 5.10 Å². The van der Waals surface area contributed by atoms with Crippen molar-refractivity contribution in [3.05, 3.63) is 47.6 Å². The maximum atomic E-state index is 6.12. The van der Waals surface area contributed by atoms with Gasteiger partial charge >= 0.3 is 0 Å². The summed E-state index contributed by atoms with van der Waals surface area (Å²) in [4.78, 5) is 4.43. The van der Waals surface area contributed by atoms with E-state index in [0.29, 0.717) is 16.8 Å². The Morgan fingerprint density at radius 3 is 3.04 bits per heavy atom. The predicted octanol–water partition coefficient (Wildman–Crippen LogP) is 3.82. The number of hydrogen-bond donors (Lipinski definition) is 1. The van der Waals surface area contributed by atoms with Crippen molar-refractivity contribution in [3.8, 4) is 17.1 Å². The number of nitrogens with zero attached hydrogens (tertiary/aromatic N) is 3. The molecule has 6 heteroatoms. The molecule has 1 N–H and O–H groups in total. The van der Waals surface area contributed by atoms with Crippen LogP contribution >= 0.6 is 11.6 Å². The summed E-state index contributed by atoms with van der Waals surface area (Å²) >= 11 is 6.12. The minimum absolute atomic E-state index is 0.121. The lowest BCUT2D eigenvalue weighted by Gasteiger charge is -2.28. The molecule has 3 aromatic rings. The van der Waals surface area contributed by atoms with Crippen molar-refractivity contribution in [3.63, 3.8) is 0 Å². The van der Waals surface area contributed by atoms with Gasteiger partial charge in [-0.3, -0.25) is 0 Å². The molecule has 2 unspecified atom stereocenters. The lowest BCUT2D eigenvalue weighted by atomic mass is 9.95. The monoisotopic (exact) mass is 356 g/mol. The number of fused-ring (bicyclic) bond motifs is 1. The molecule has 1 saturated heterocycles. The molecular formula is C19H21ClN4O. The van der Waals surface area contributed by atoms with Gasteiger partial charge < -0.3 is 10.1 Å². The SMILES string of the molecule is CC(Oc1ccc2ncc(-c3cccc(Cl)c3)n2n1)C1CCCNC1. The molecule has 25 heavy (non-hydrogen) atoms. The Morgan fingerprint density at radius 1 is 1.32 bits per heavy atom. The van der Waals surface area contributed by atoms with Crippen molar-refractivity contribution < 1.29 is 4.74 Å². The summed E-state index contributed by atoms with van der Waals surface area (Å²) in [6.07, 6.45) is 4.32. The van der Waals surface area contributed by atoms with E-state index in [4.69, 9.17) is 16.3 Å². The summed E-state index contributed by atoms with van der Waals surface area (Å²) in [6, 6.07) is 11.5. The summed E-state index contributed by atoms with van der Waals surface area (Å²) in [6.45, 7) is 4.23. The van der Waals surface area contributed by atoms with Crippen LogP contribution in [0.5, 0.6) is 5.88 Å². The van der Waals surface area contributed by atoms with Gasteiger partial charge in [0.2, 0.25) is 5.88 Å². The summed E-state index contributed by atoms with van der Waals surface area (Å²) < 4.78 is 7.93. The second-order valence-corrected chi connectivity index (χ2v) is 6.96. The van der Waals surface area contributed by atoms with Crippen molar-refractivity contribution in [1.29, 1.82) is 0 Å². The van der Waals surface area contributed by atoms with Crippen LogP contribution in [0.2, 0.25) is 5.02 Å². The topological polar surface area (TPSA) is 51.5 Å². The van der Waals surface area contributed by atoms with Gasteiger partial charge in [0.05, 0.1) is 11.9 Å². The Hall–Kier alpha value is -2.11. The van der Waals surface area contributed by atoms with E-state index in [9.17, 15) is 0 Å². The van der Waals surface area contributed by atoms with Crippen molar-refractivity contribution >= 4 is 17.2 Å². The van der Waals surface area contributed by atoms with E-state index < -0.39 is 0 Å². The van der Waals surface area contributed by atoms with E-state index in [-0.39, 0.29) is 6.10 Å². The van der Waals surface area contributed by atoms with Crippen LogP contribution in [0.25, 0.3) is 16.9 Å². The van der Waals surface area contributed by atoms with Gasteiger partial charge in [-0.1, -0.05) is 23.7 Å². The number of hydrogen-bond acceptors (Lipinski definition) is 4. The number of aromatic nitrogens is 3. The van der Waals surface area contributed by atoms with Crippen LogP contribution in [0, 0.1) is 5.92 Å². The normalized spacial score (nSPS) is 19.0. The van der Waals surface area contributed by atoms with Crippen molar-refractivity contribution in [2.45, 2.75) is 25.9 Å². The highest BCUT2D eigenvalue weighted by molar-refractivity contribution is 6.30. The van der Waals surface area contributed by atoms with Gasteiger partial charge in [0, 0.05) is 29.1 Å². The molecule has 0 aliphatic carbocycles. The van der Waals surface area contributed by atoms with Crippen LogP contribution in [0.3, 0.4) is 0 Å². The van der Waals surface area contributed by atoms with Gasteiger partial charge in [0.1, 0.15) is 6.10 Å². The maximum Gasteiger partial charge on any atom is 0.232 e. The van der Waals surface area contributed by atoms with Gasteiger partial charge in [0.25, 0.3) is 0 Å². The molecule has 0 amide bonds. The molecule has 0 bridgehead atoms. The molecule has 2 aromatic heterocycles. The molecule has 130 valence electrons. The first kappa shape index (κ1) is 16.4. The fourth-order valence-electron chi connectivity index (χ4n) is 3.33. The van der Waals surface area contributed by atoms with Crippen LogP contribution in [0.1, 0.15) is 19.8 Å². The molecule has 1 aliphatic rings. The summed E-state index contributed by atoms with van der Waals surface area (Å²) in [5.41, 5.74) is 2.67. The molecule has 1 aliphatic heterocycles. The van der Waals surface area contributed by atoms with E-state index in [1.807, 2.05) is 47.1 Å². The van der Waals surface area contributed by atoms with Gasteiger partial charge in [-0.2, -0.15) is 0 Å². The lowest BCUT2D eigenvalue weighted by molar-refractivity contribution is 0.124. The third-order valence-corrected chi connectivity index (χ3v) is 5.00. The van der Waals surface area contributed by atoms with E-state index >= 15 is 0 Å². The van der Waals surface area contributed by atoms with Crippen LogP contribution in [0.15, 0.2) is 42.6 Å². The Morgan fingerprint density at radius 2 is 2.24 bits per heavy atom. The smallest absolute Gasteiger partial charge is 0.232 e. The van der Waals surface area contributed by atoms with Crippen molar-refractivity contribution in [1.82, 2.24) is 19.9 Å². The first-order chi connectivity index (χ1) is 12.2. The van der Waals surface area contributed by atoms with E-state index in [1.54, 1.807) is 0 Å². The number of piperidine rings is 1. The minimum atomic E-state index is 0.121. The zero-order chi connectivity index (χ0) is 17.2. The molecule has 3 heterocycles. The lowest BCUT2D eigenvalue weighted by Crippen LogP contribution is -2.38. The third kappa shape index (κ3) is 3.48. The molecule has 0 radical (unpaired) electrons. The van der Waals surface area contributed by atoms with Gasteiger partial charge in [-0.25, -0.2) is 9.50 Å². The molecule has 0 spiro atoms. The Balaban J connectivity index is 1.62. The van der Waals surface area contributed by atoms with E-state index in [1.165, 1.54) is 12.8 Å². The standard InChI is InChI=1S/C19H21ClN4O/c1-13(15-5-3-9-21-11-15)25-19-8-7-18-22-12-17(24(18)23-19)14-4-2-6-16(20)10-14/h2,4,6-8,10,12-13,15,21H,3,5,9,11H2,1H3. The molecule has 2 atom stereocenters. The fraction of sp³-hybridized carbons (Fsp3) is 0.368. The summed E-state index contributed by atoms with van der Waals surface area (Å²) in [5.74, 6) is 1.13. The minimum Gasteiger partial charge on any atom is -0.473 e. The second kappa shape index (κ2) is 7.02. The molecule has 0 saturated carbocycles. The quantitative estimate of drug-likeness (QED) is 0.772. The number of nitrogens with one attached hydrogen (secondary N) is 1. The van der Waals surface area contributed by atoms with Gasteiger partial charge in [0.15, 0.2) is 5.65 Å². The zero-order valence-electron chi connectivity index (χ0n) is 14.2. The average Bonchev–Trinajstić information content (AvgIpc) is 3.06. The third-order valence-electron chi connectivity index (χ3n) is 4.76. The first-order valence-electron chi connectivity index (χ1n) is 8.69. The maximum absolute atomic E-state index is 6.12. The molecule has 1 fully saturated rings. The van der Waals surface area contributed by atoms with E-state index in [0.717, 1.165) is 30.0 Å². The first-order valence-corrected chi connectivity index (χ1v) is 9.06. The van der Waals surface area contributed by atoms with Crippen LogP contribution < -0.4 is 10.1 Å². The number of imidazole rings is 1. The zero-order valence-corrected chi connectivity index (χ0v) is 14.9. The van der Waals surface area contributed by atoms with Gasteiger partial charge in [-0.05, 0) is 44.5 Å². The van der Waals surface area contributed by atoms with Crippen LogP contribution in [-0.4, -0.2) is 33.8 Å². The molecule has 4 rings (SSSR count). The van der Waals surface area contributed by atoms with Crippen molar-refractivity contribution in [2.24, 2.45) is 5.92 Å². The molecule has 1 aromatic carbocycles. The highest BCUT2D eigenvalue weighted by Gasteiger charge is 2.22. The second-order valence-electron chi connectivity index (χ2n) is 6.52. The highest BCUT2D eigenvalue weighted by Crippen LogP contribution is 2.25. The number of rotatable bonds is 4. The fourth-order valence-corrected chi connectivity index (χ4v) is 3.52. The largest absolute Gasteiger partial charge is 0.473 e. The Kier molecular flexibility index (Phi) is 4.59. The summed E-state index contributed by atoms with van der Waals surface area (Å²) in [5, 5.41) is 8.77. The number of benzene rings is 1. The highest BCUT2D eigenvalue weighted by atomic mass is 35.5. The summed E-state index contributed by atoms with van der Waals surface area (Å²) in [7, 11) is 0. The van der Waals surface area contributed by atoms with E-state index in [2.05, 4.69) is 22.3 Å². The Bertz CT molecular complexity index is 873. The molecule has 5 nitrogen and oxygen atoms in total. The van der Waals surface area contributed by atoms with Crippen molar-refractivity contribution in [2.75, 3.05) is 13.1 Å². The molecular weight excluding hydrogens is 336 g/mol. The number of ether oxygens (including phenoxy) is 1. The Labute approximate surface area is 152 Å². The number of halogens is 1. The average molecular weight is 357 g/mol. The van der Waals surface area contributed by atoms with Crippen LogP contribution in [0.4, 0.5) is 0 Å². The van der Waals surface area contributed by atoms with Crippen LogP contribution in [-0.2, 0) is 0 Å².